The van der Waals surface area contributed by atoms with Crippen LogP contribution in [0.1, 0.15) is 102 Å². The van der Waals surface area contributed by atoms with Gasteiger partial charge in [0.2, 0.25) is 0 Å². The summed E-state index contributed by atoms with van der Waals surface area (Å²) in [7, 11) is 0. The van der Waals surface area contributed by atoms with E-state index in [-0.39, 0.29) is 0 Å². The summed E-state index contributed by atoms with van der Waals surface area (Å²) in [5.41, 5.74) is 1.51. The Labute approximate surface area is 160 Å². The van der Waals surface area contributed by atoms with Crippen molar-refractivity contribution < 1.29 is 0 Å². The minimum absolute atomic E-state index is 0.780. The molecule has 0 radical (unpaired) electrons. The molecule has 0 heterocycles. The summed E-state index contributed by atoms with van der Waals surface area (Å²) in [6.07, 6.45) is 19.1. The van der Waals surface area contributed by atoms with Crippen molar-refractivity contribution in [2.24, 2.45) is 17.8 Å². The van der Waals surface area contributed by atoms with Gasteiger partial charge in [-0.2, -0.15) is 0 Å². The molecule has 2 fully saturated rings. The molecule has 0 amide bonds. The summed E-state index contributed by atoms with van der Waals surface area (Å²) >= 11 is 6.02. The van der Waals surface area contributed by atoms with E-state index in [1.807, 2.05) is 0 Å². The summed E-state index contributed by atoms with van der Waals surface area (Å²) in [6.45, 7) is 2.34. The fourth-order valence-corrected chi connectivity index (χ4v) is 5.56. The van der Waals surface area contributed by atoms with E-state index in [0.717, 1.165) is 28.7 Å². The Morgan fingerprint density at radius 1 is 0.720 bits per heavy atom. The lowest BCUT2D eigenvalue weighted by molar-refractivity contribution is 0.236. The van der Waals surface area contributed by atoms with Crippen LogP contribution in [0.25, 0.3) is 0 Å². The molecule has 0 unspecified atom stereocenters. The molecule has 0 N–H and O–H groups in total. The molecule has 1 aromatic carbocycles. The second kappa shape index (κ2) is 10.0. The van der Waals surface area contributed by atoms with E-state index in [9.17, 15) is 0 Å². The van der Waals surface area contributed by atoms with E-state index in [0.29, 0.717) is 0 Å². The Bertz CT molecular complexity index is 475. The number of rotatable bonds is 7. The molecule has 1 heteroatoms. The Morgan fingerprint density at radius 3 is 1.72 bits per heavy atom. The smallest absolute Gasteiger partial charge is 0.0406 e. The highest BCUT2D eigenvalue weighted by molar-refractivity contribution is 6.30. The van der Waals surface area contributed by atoms with Crippen molar-refractivity contribution in [3.8, 4) is 0 Å². The normalized spacial score (nSPS) is 30.3. The third-order valence-electron chi connectivity index (χ3n) is 7.08. The SMILES string of the molecule is CCCC1CCC(CCCC2CCC(c3ccc(Cl)cc3)CC2)CC1. The predicted molar refractivity (Wildman–Crippen MR) is 110 cm³/mol. The van der Waals surface area contributed by atoms with Gasteiger partial charge in [-0.1, -0.05) is 88.4 Å². The van der Waals surface area contributed by atoms with Crippen LogP contribution in [0.2, 0.25) is 5.02 Å². The first-order chi connectivity index (χ1) is 12.2. The molecule has 0 atom stereocenters. The zero-order valence-electron chi connectivity index (χ0n) is 16.2. The van der Waals surface area contributed by atoms with E-state index in [4.69, 9.17) is 11.6 Å². The Kier molecular flexibility index (Phi) is 7.71. The van der Waals surface area contributed by atoms with Gasteiger partial charge >= 0.3 is 0 Å². The van der Waals surface area contributed by atoms with Gasteiger partial charge in [-0.25, -0.2) is 0 Å². The lowest BCUT2D eigenvalue weighted by Crippen LogP contribution is -2.16. The molecule has 2 aliphatic rings. The van der Waals surface area contributed by atoms with Crippen molar-refractivity contribution in [1.82, 2.24) is 0 Å². The summed E-state index contributed by atoms with van der Waals surface area (Å²) in [6, 6.07) is 8.58. The molecule has 0 aromatic heterocycles. The van der Waals surface area contributed by atoms with E-state index in [2.05, 4.69) is 31.2 Å². The van der Waals surface area contributed by atoms with Gasteiger partial charge in [0.05, 0.1) is 0 Å². The standard InChI is InChI=1S/C24H37Cl/c1-2-4-19-7-9-20(10-8-19)5-3-6-21-11-13-22(14-12-21)23-15-17-24(25)18-16-23/h15-22H,2-14H2,1H3. The largest absolute Gasteiger partial charge is 0.0843 e. The van der Waals surface area contributed by atoms with Crippen molar-refractivity contribution in [3.63, 3.8) is 0 Å². The second-order valence-corrected chi connectivity index (χ2v) is 9.31. The lowest BCUT2D eigenvalue weighted by atomic mass is 9.75. The van der Waals surface area contributed by atoms with Crippen LogP contribution in [0.3, 0.4) is 0 Å². The summed E-state index contributed by atoms with van der Waals surface area (Å²) in [4.78, 5) is 0. The van der Waals surface area contributed by atoms with Crippen molar-refractivity contribution >= 4 is 11.6 Å². The summed E-state index contributed by atoms with van der Waals surface area (Å²) < 4.78 is 0. The maximum Gasteiger partial charge on any atom is 0.0406 e. The third-order valence-corrected chi connectivity index (χ3v) is 7.33. The van der Waals surface area contributed by atoms with Gasteiger partial charge in [-0.15, -0.1) is 0 Å². The lowest BCUT2D eigenvalue weighted by Gasteiger charge is -2.30. The molecule has 0 bridgehead atoms. The third kappa shape index (κ3) is 6.02. The number of benzene rings is 1. The van der Waals surface area contributed by atoms with Crippen molar-refractivity contribution in [2.75, 3.05) is 0 Å². The highest BCUT2D eigenvalue weighted by atomic mass is 35.5. The average Bonchev–Trinajstić information content (AvgIpc) is 2.65. The molecule has 0 saturated heterocycles. The van der Waals surface area contributed by atoms with Crippen LogP contribution in [0.4, 0.5) is 0 Å². The highest BCUT2D eigenvalue weighted by Gasteiger charge is 2.23. The average molecular weight is 361 g/mol. The van der Waals surface area contributed by atoms with E-state index < -0.39 is 0 Å². The van der Waals surface area contributed by atoms with E-state index in [1.165, 1.54) is 89.0 Å². The van der Waals surface area contributed by atoms with Crippen LogP contribution in [-0.4, -0.2) is 0 Å². The Balaban J connectivity index is 1.30. The minimum Gasteiger partial charge on any atom is -0.0843 e. The van der Waals surface area contributed by atoms with Gasteiger partial charge in [0.15, 0.2) is 0 Å². The van der Waals surface area contributed by atoms with Crippen LogP contribution in [0, 0.1) is 17.8 Å². The minimum atomic E-state index is 0.780. The van der Waals surface area contributed by atoms with Crippen molar-refractivity contribution in [3.05, 3.63) is 34.9 Å². The number of halogens is 1. The first-order valence-corrected chi connectivity index (χ1v) is 11.4. The molecule has 140 valence electrons. The molecule has 0 aliphatic heterocycles. The van der Waals surface area contributed by atoms with Gasteiger partial charge in [0.25, 0.3) is 0 Å². The maximum atomic E-state index is 6.02. The zero-order valence-corrected chi connectivity index (χ0v) is 16.9. The number of hydrogen-bond donors (Lipinski definition) is 0. The topological polar surface area (TPSA) is 0 Å². The second-order valence-electron chi connectivity index (χ2n) is 8.88. The molecule has 2 saturated carbocycles. The van der Waals surface area contributed by atoms with Gasteiger partial charge in [0, 0.05) is 5.02 Å². The first-order valence-electron chi connectivity index (χ1n) is 11.0. The van der Waals surface area contributed by atoms with Crippen LogP contribution in [0.15, 0.2) is 24.3 Å². The van der Waals surface area contributed by atoms with Gasteiger partial charge in [0.1, 0.15) is 0 Å². The Morgan fingerprint density at radius 2 is 1.20 bits per heavy atom. The quantitative estimate of drug-likeness (QED) is 0.457. The van der Waals surface area contributed by atoms with E-state index >= 15 is 0 Å². The number of hydrogen-bond acceptors (Lipinski definition) is 0. The molecular weight excluding hydrogens is 324 g/mol. The molecule has 2 aliphatic carbocycles. The zero-order chi connectivity index (χ0) is 17.5. The summed E-state index contributed by atoms with van der Waals surface area (Å²) in [5, 5.41) is 0.862. The van der Waals surface area contributed by atoms with Gasteiger partial charge in [-0.05, 0) is 67.1 Å². The van der Waals surface area contributed by atoms with Crippen LogP contribution in [0.5, 0.6) is 0 Å². The van der Waals surface area contributed by atoms with Gasteiger partial charge in [-0.3, -0.25) is 0 Å². The molecule has 3 rings (SSSR count). The molecule has 1 aromatic rings. The monoisotopic (exact) mass is 360 g/mol. The molecule has 0 nitrogen and oxygen atoms in total. The fourth-order valence-electron chi connectivity index (χ4n) is 5.43. The van der Waals surface area contributed by atoms with Crippen molar-refractivity contribution in [2.45, 2.75) is 96.3 Å². The predicted octanol–water partition coefficient (Wildman–Crippen LogP) is 8.39. The maximum absolute atomic E-state index is 6.02. The first kappa shape index (κ1) is 19.3. The van der Waals surface area contributed by atoms with Gasteiger partial charge < -0.3 is 0 Å². The van der Waals surface area contributed by atoms with E-state index in [1.54, 1.807) is 0 Å². The summed E-state index contributed by atoms with van der Waals surface area (Å²) in [5.74, 6) is 3.89. The molecule has 0 spiro atoms. The van der Waals surface area contributed by atoms with Crippen LogP contribution >= 0.6 is 11.6 Å². The Hall–Kier alpha value is -0.490. The highest BCUT2D eigenvalue weighted by Crippen LogP contribution is 2.39. The van der Waals surface area contributed by atoms with Crippen molar-refractivity contribution in [1.29, 1.82) is 0 Å². The molecular formula is C24H37Cl. The van der Waals surface area contributed by atoms with Crippen LogP contribution < -0.4 is 0 Å². The van der Waals surface area contributed by atoms with Crippen LogP contribution in [-0.2, 0) is 0 Å². The molecule has 25 heavy (non-hydrogen) atoms. The fraction of sp³-hybridized carbons (Fsp3) is 0.750.